The number of aliphatic hydroxyl groups excluding tert-OH is 1. The highest BCUT2D eigenvalue weighted by atomic mass is 32.1. The molecule has 0 bridgehead atoms. The molecule has 2 aromatic carbocycles. The van der Waals surface area contributed by atoms with Crippen molar-refractivity contribution in [3.63, 3.8) is 0 Å². The first-order chi connectivity index (χ1) is 8.11. The second kappa shape index (κ2) is 4.69. The Morgan fingerprint density at radius 1 is 0.941 bits per heavy atom. The fourth-order valence-electron chi connectivity index (χ4n) is 1.65. The number of phenolic OH excluding ortho intramolecular Hbond substituents is 2. The first-order valence-electron chi connectivity index (χ1n) is 5.07. The Kier molecular flexibility index (Phi) is 3.26. The van der Waals surface area contributed by atoms with Crippen LogP contribution in [0.5, 0.6) is 11.5 Å². The number of aromatic hydroxyl groups is 2. The van der Waals surface area contributed by atoms with Crippen LogP contribution >= 0.6 is 12.6 Å². The molecule has 0 aliphatic rings. The highest BCUT2D eigenvalue weighted by Crippen LogP contribution is 2.35. The van der Waals surface area contributed by atoms with Gasteiger partial charge in [0.15, 0.2) is 0 Å². The lowest BCUT2D eigenvalue weighted by Gasteiger charge is -2.09. The van der Waals surface area contributed by atoms with Crippen molar-refractivity contribution in [3.05, 3.63) is 42.0 Å². The van der Waals surface area contributed by atoms with E-state index in [1.807, 2.05) is 0 Å². The minimum Gasteiger partial charge on any atom is -0.508 e. The molecule has 0 unspecified atom stereocenters. The molecule has 0 saturated carbocycles. The molecule has 3 N–H and O–H groups in total. The maximum atomic E-state index is 9.75. The summed E-state index contributed by atoms with van der Waals surface area (Å²) in [6.45, 7) is -0.0462. The minimum absolute atomic E-state index is 0.00273. The van der Waals surface area contributed by atoms with Crippen LogP contribution in [0.15, 0.2) is 41.3 Å². The van der Waals surface area contributed by atoms with Gasteiger partial charge in [-0.1, -0.05) is 12.1 Å². The van der Waals surface area contributed by atoms with E-state index in [1.165, 1.54) is 12.1 Å². The van der Waals surface area contributed by atoms with E-state index < -0.39 is 0 Å². The van der Waals surface area contributed by atoms with E-state index in [0.29, 0.717) is 10.5 Å². The fraction of sp³-hybridized carbons (Fsp3) is 0.0769. The molecule has 0 fully saturated rings. The molecule has 3 nitrogen and oxygen atoms in total. The first kappa shape index (κ1) is 11.8. The largest absolute Gasteiger partial charge is 0.508 e. The fourth-order valence-corrected chi connectivity index (χ4v) is 2.01. The molecule has 4 heteroatoms. The van der Waals surface area contributed by atoms with E-state index >= 15 is 0 Å². The standard InChI is InChI=1S/C13H12O3S/c14-7-8-1-3-11(13(17)5-8)10-4-2-9(15)6-12(10)16/h1-6,14-17H,7H2. The number of phenols is 2. The van der Waals surface area contributed by atoms with Gasteiger partial charge in [0.05, 0.1) is 6.61 Å². The Morgan fingerprint density at radius 2 is 1.65 bits per heavy atom. The third-order valence-corrected chi connectivity index (χ3v) is 2.89. The van der Waals surface area contributed by atoms with Gasteiger partial charge in [-0.25, -0.2) is 0 Å². The second-order valence-corrected chi connectivity index (χ2v) is 4.19. The number of thiol groups is 1. The maximum Gasteiger partial charge on any atom is 0.127 e. The topological polar surface area (TPSA) is 60.7 Å². The van der Waals surface area contributed by atoms with Crippen LogP contribution in [0, 0.1) is 0 Å². The van der Waals surface area contributed by atoms with Crippen LogP contribution in [0.2, 0.25) is 0 Å². The summed E-state index contributed by atoms with van der Waals surface area (Å²) in [4.78, 5) is 0.664. The van der Waals surface area contributed by atoms with Gasteiger partial charge in [0.1, 0.15) is 11.5 Å². The molecular formula is C13H12O3S. The van der Waals surface area contributed by atoms with Crippen LogP contribution in [0.1, 0.15) is 5.56 Å². The lowest BCUT2D eigenvalue weighted by Crippen LogP contribution is -1.86. The van der Waals surface area contributed by atoms with Crippen LogP contribution in [-0.2, 0) is 6.61 Å². The Morgan fingerprint density at radius 3 is 2.24 bits per heavy atom. The van der Waals surface area contributed by atoms with Gasteiger partial charge in [0.25, 0.3) is 0 Å². The summed E-state index contributed by atoms with van der Waals surface area (Å²) in [5.74, 6) is 0.0102. The second-order valence-electron chi connectivity index (χ2n) is 3.71. The van der Waals surface area contributed by atoms with Crippen molar-refractivity contribution in [2.24, 2.45) is 0 Å². The molecule has 0 amide bonds. The van der Waals surface area contributed by atoms with Crippen LogP contribution in [0.3, 0.4) is 0 Å². The maximum absolute atomic E-state index is 9.75. The van der Waals surface area contributed by atoms with Crippen LogP contribution < -0.4 is 0 Å². The zero-order chi connectivity index (χ0) is 12.4. The average Bonchev–Trinajstić information content (AvgIpc) is 2.30. The Hall–Kier alpha value is -1.65. The molecule has 0 radical (unpaired) electrons. The quantitative estimate of drug-likeness (QED) is 0.618. The Bertz CT molecular complexity index is 552. The summed E-state index contributed by atoms with van der Waals surface area (Å²) in [6, 6.07) is 9.69. The molecule has 0 aliphatic carbocycles. The number of benzene rings is 2. The highest BCUT2D eigenvalue weighted by Gasteiger charge is 2.08. The molecule has 2 aromatic rings. The molecule has 0 heterocycles. The van der Waals surface area contributed by atoms with Crippen molar-refractivity contribution in [1.82, 2.24) is 0 Å². The smallest absolute Gasteiger partial charge is 0.127 e. The molecule has 0 saturated heterocycles. The van der Waals surface area contributed by atoms with E-state index in [1.54, 1.807) is 24.3 Å². The van der Waals surface area contributed by atoms with Crippen molar-refractivity contribution in [1.29, 1.82) is 0 Å². The van der Waals surface area contributed by atoms with Gasteiger partial charge in [0, 0.05) is 16.5 Å². The zero-order valence-electron chi connectivity index (χ0n) is 8.96. The van der Waals surface area contributed by atoms with Crippen molar-refractivity contribution in [3.8, 4) is 22.6 Å². The third kappa shape index (κ3) is 2.38. The van der Waals surface area contributed by atoms with Crippen molar-refractivity contribution in [2.45, 2.75) is 11.5 Å². The van der Waals surface area contributed by atoms with Gasteiger partial charge in [0.2, 0.25) is 0 Å². The summed E-state index contributed by atoms with van der Waals surface area (Å²) >= 11 is 4.32. The van der Waals surface area contributed by atoms with Crippen LogP contribution in [0.25, 0.3) is 11.1 Å². The molecular weight excluding hydrogens is 236 g/mol. The first-order valence-corrected chi connectivity index (χ1v) is 5.51. The van der Waals surface area contributed by atoms with Gasteiger partial charge in [-0.3, -0.25) is 0 Å². The molecule has 0 aromatic heterocycles. The normalized spacial score (nSPS) is 10.5. The predicted molar refractivity (Wildman–Crippen MR) is 68.4 cm³/mol. The summed E-state index contributed by atoms with van der Waals surface area (Å²) in [6.07, 6.45) is 0. The average molecular weight is 248 g/mol. The SMILES string of the molecule is OCc1ccc(-c2ccc(O)cc2O)c(S)c1. The monoisotopic (exact) mass is 248 g/mol. The summed E-state index contributed by atoms with van der Waals surface area (Å²) in [5.41, 5.74) is 2.11. The molecule has 0 aliphatic heterocycles. The minimum atomic E-state index is -0.0462. The molecule has 0 atom stereocenters. The molecule has 17 heavy (non-hydrogen) atoms. The number of hydrogen-bond acceptors (Lipinski definition) is 4. The number of aliphatic hydroxyl groups is 1. The number of hydrogen-bond donors (Lipinski definition) is 4. The number of rotatable bonds is 2. The molecule has 88 valence electrons. The summed E-state index contributed by atoms with van der Waals surface area (Å²) in [5, 5.41) is 28.0. The summed E-state index contributed by atoms with van der Waals surface area (Å²) < 4.78 is 0. The summed E-state index contributed by atoms with van der Waals surface area (Å²) in [7, 11) is 0. The van der Waals surface area contributed by atoms with Gasteiger partial charge in [-0.15, -0.1) is 12.6 Å². The van der Waals surface area contributed by atoms with Crippen molar-refractivity contribution in [2.75, 3.05) is 0 Å². The Labute approximate surface area is 104 Å². The van der Waals surface area contributed by atoms with E-state index in [0.717, 1.165) is 11.1 Å². The van der Waals surface area contributed by atoms with Crippen LogP contribution in [-0.4, -0.2) is 15.3 Å². The highest BCUT2D eigenvalue weighted by molar-refractivity contribution is 7.80. The van der Waals surface area contributed by atoms with Crippen molar-refractivity contribution < 1.29 is 15.3 Å². The molecule has 2 rings (SSSR count). The van der Waals surface area contributed by atoms with Gasteiger partial charge < -0.3 is 15.3 Å². The predicted octanol–water partition coefficient (Wildman–Crippen LogP) is 2.55. The third-order valence-electron chi connectivity index (χ3n) is 2.52. The van der Waals surface area contributed by atoms with Crippen molar-refractivity contribution >= 4 is 12.6 Å². The molecule has 0 spiro atoms. The van der Waals surface area contributed by atoms with Gasteiger partial charge in [-0.05, 0) is 29.3 Å². The van der Waals surface area contributed by atoms with E-state index in [9.17, 15) is 10.2 Å². The van der Waals surface area contributed by atoms with E-state index in [4.69, 9.17) is 5.11 Å². The van der Waals surface area contributed by atoms with E-state index in [-0.39, 0.29) is 18.1 Å². The lowest BCUT2D eigenvalue weighted by atomic mass is 10.0. The van der Waals surface area contributed by atoms with Gasteiger partial charge >= 0.3 is 0 Å². The van der Waals surface area contributed by atoms with E-state index in [2.05, 4.69) is 12.6 Å². The zero-order valence-corrected chi connectivity index (χ0v) is 9.85. The van der Waals surface area contributed by atoms with Crippen LogP contribution in [0.4, 0.5) is 0 Å². The van der Waals surface area contributed by atoms with Gasteiger partial charge in [-0.2, -0.15) is 0 Å². The Balaban J connectivity index is 2.53. The lowest BCUT2D eigenvalue weighted by molar-refractivity contribution is 0.281.